The molecule has 0 saturated carbocycles. The van der Waals surface area contributed by atoms with E-state index in [4.69, 9.17) is 0 Å². The van der Waals surface area contributed by atoms with E-state index in [9.17, 15) is 4.79 Å². The molecule has 0 bridgehead atoms. The standard InChI is InChI=1S/C17H20N2O/c1-2-17(7-10-18-11-8-17)16(20)14-5-6-15-13(12-14)4-3-9-19-15/h3-6,9,12,18H,2,7-8,10-11H2,1H3. The Morgan fingerprint density at radius 1 is 1.30 bits per heavy atom. The monoisotopic (exact) mass is 268 g/mol. The number of fused-ring (bicyclic) bond motifs is 1. The Bertz CT molecular complexity index is 630. The van der Waals surface area contributed by atoms with Crippen LogP contribution in [-0.4, -0.2) is 23.9 Å². The van der Waals surface area contributed by atoms with Gasteiger partial charge in [-0.1, -0.05) is 13.0 Å². The Labute approximate surface area is 119 Å². The van der Waals surface area contributed by atoms with Gasteiger partial charge in [-0.3, -0.25) is 9.78 Å². The summed E-state index contributed by atoms with van der Waals surface area (Å²) in [5, 5.41) is 4.39. The molecule has 0 radical (unpaired) electrons. The lowest BCUT2D eigenvalue weighted by Crippen LogP contribution is -2.41. The Balaban J connectivity index is 1.98. The van der Waals surface area contributed by atoms with Crippen LogP contribution < -0.4 is 5.32 Å². The van der Waals surface area contributed by atoms with Crippen LogP contribution in [-0.2, 0) is 0 Å². The molecule has 3 rings (SSSR count). The highest BCUT2D eigenvalue weighted by Crippen LogP contribution is 2.36. The number of Topliss-reactive ketones (excluding diaryl/α,β-unsaturated/α-hetero) is 1. The van der Waals surface area contributed by atoms with E-state index < -0.39 is 0 Å². The fraction of sp³-hybridized carbons (Fsp3) is 0.412. The van der Waals surface area contributed by atoms with E-state index in [1.54, 1.807) is 6.20 Å². The maximum Gasteiger partial charge on any atom is 0.169 e. The number of carbonyl (C=O) groups is 1. The van der Waals surface area contributed by atoms with Gasteiger partial charge in [-0.05, 0) is 56.6 Å². The molecule has 20 heavy (non-hydrogen) atoms. The van der Waals surface area contributed by atoms with Crippen molar-refractivity contribution in [3.63, 3.8) is 0 Å². The second kappa shape index (κ2) is 5.33. The van der Waals surface area contributed by atoms with Gasteiger partial charge < -0.3 is 5.32 Å². The second-order valence-corrected chi connectivity index (χ2v) is 5.62. The van der Waals surface area contributed by atoms with Gasteiger partial charge in [-0.25, -0.2) is 0 Å². The molecule has 1 aliphatic heterocycles. The molecular weight excluding hydrogens is 248 g/mol. The first kappa shape index (κ1) is 13.3. The van der Waals surface area contributed by atoms with Crippen molar-refractivity contribution in [1.82, 2.24) is 10.3 Å². The van der Waals surface area contributed by atoms with Crippen LogP contribution in [0.15, 0.2) is 36.5 Å². The topological polar surface area (TPSA) is 42.0 Å². The maximum absolute atomic E-state index is 12.9. The van der Waals surface area contributed by atoms with Gasteiger partial charge in [0.25, 0.3) is 0 Å². The van der Waals surface area contributed by atoms with Crippen LogP contribution in [0.4, 0.5) is 0 Å². The van der Waals surface area contributed by atoms with Gasteiger partial charge >= 0.3 is 0 Å². The smallest absolute Gasteiger partial charge is 0.169 e. The fourth-order valence-electron chi connectivity index (χ4n) is 3.17. The molecule has 1 aromatic heterocycles. The van der Waals surface area contributed by atoms with Crippen LogP contribution in [0.25, 0.3) is 10.9 Å². The van der Waals surface area contributed by atoms with Crippen molar-refractivity contribution in [2.24, 2.45) is 5.41 Å². The van der Waals surface area contributed by atoms with Crippen LogP contribution in [0.5, 0.6) is 0 Å². The average Bonchev–Trinajstić information content (AvgIpc) is 2.54. The Hall–Kier alpha value is -1.74. The SMILES string of the molecule is CCC1(C(=O)c2ccc3ncccc3c2)CCNCC1. The summed E-state index contributed by atoms with van der Waals surface area (Å²) in [6, 6.07) is 9.80. The molecule has 1 aliphatic rings. The number of hydrogen-bond acceptors (Lipinski definition) is 3. The van der Waals surface area contributed by atoms with Gasteiger partial charge in [0, 0.05) is 22.6 Å². The van der Waals surface area contributed by atoms with Crippen molar-refractivity contribution in [1.29, 1.82) is 0 Å². The normalized spacial score (nSPS) is 18.1. The van der Waals surface area contributed by atoms with Crippen LogP contribution >= 0.6 is 0 Å². The van der Waals surface area contributed by atoms with Crippen molar-refractivity contribution in [3.8, 4) is 0 Å². The maximum atomic E-state index is 12.9. The lowest BCUT2D eigenvalue weighted by Gasteiger charge is -2.35. The van der Waals surface area contributed by atoms with Crippen LogP contribution in [0, 0.1) is 5.41 Å². The number of nitrogens with one attached hydrogen (secondary N) is 1. The second-order valence-electron chi connectivity index (χ2n) is 5.62. The van der Waals surface area contributed by atoms with Crippen LogP contribution in [0.2, 0.25) is 0 Å². The van der Waals surface area contributed by atoms with E-state index in [1.165, 1.54) is 0 Å². The van der Waals surface area contributed by atoms with Crippen molar-refractivity contribution < 1.29 is 4.79 Å². The zero-order valence-electron chi connectivity index (χ0n) is 11.9. The quantitative estimate of drug-likeness (QED) is 0.869. The summed E-state index contributed by atoms with van der Waals surface area (Å²) in [7, 11) is 0. The number of carbonyl (C=O) groups excluding carboxylic acids is 1. The number of hydrogen-bond donors (Lipinski definition) is 1. The zero-order chi connectivity index (χ0) is 14.0. The first-order valence-electron chi connectivity index (χ1n) is 7.35. The Morgan fingerprint density at radius 2 is 2.10 bits per heavy atom. The molecule has 0 spiro atoms. The number of ketones is 1. The molecule has 1 aromatic carbocycles. The van der Waals surface area contributed by atoms with E-state index in [0.717, 1.165) is 48.8 Å². The number of rotatable bonds is 3. The predicted molar refractivity (Wildman–Crippen MR) is 80.9 cm³/mol. The minimum absolute atomic E-state index is 0.179. The zero-order valence-corrected chi connectivity index (χ0v) is 11.9. The van der Waals surface area contributed by atoms with E-state index in [-0.39, 0.29) is 5.41 Å². The summed E-state index contributed by atoms with van der Waals surface area (Å²) in [5.74, 6) is 0.298. The van der Waals surface area contributed by atoms with Gasteiger partial charge in [0.15, 0.2) is 5.78 Å². The van der Waals surface area contributed by atoms with Crippen molar-refractivity contribution in [2.75, 3.05) is 13.1 Å². The van der Waals surface area contributed by atoms with E-state index in [1.807, 2.05) is 30.3 Å². The van der Waals surface area contributed by atoms with Gasteiger partial charge in [0.1, 0.15) is 0 Å². The summed E-state index contributed by atoms with van der Waals surface area (Å²) in [6.45, 7) is 4.01. The third-order valence-corrected chi connectivity index (χ3v) is 4.58. The molecule has 2 aromatic rings. The molecule has 2 heterocycles. The molecule has 3 heteroatoms. The van der Waals surface area contributed by atoms with Gasteiger partial charge in [0.05, 0.1) is 5.52 Å². The van der Waals surface area contributed by atoms with Gasteiger partial charge in [0.2, 0.25) is 0 Å². The van der Waals surface area contributed by atoms with E-state index in [0.29, 0.717) is 5.78 Å². The van der Waals surface area contributed by atoms with Gasteiger partial charge in [-0.15, -0.1) is 0 Å². The third kappa shape index (κ3) is 2.22. The predicted octanol–water partition coefficient (Wildman–Crippen LogP) is 3.20. The van der Waals surface area contributed by atoms with Crippen molar-refractivity contribution in [2.45, 2.75) is 26.2 Å². The number of piperidine rings is 1. The molecule has 104 valence electrons. The number of benzene rings is 1. The summed E-state index contributed by atoms with van der Waals surface area (Å²) >= 11 is 0. The molecule has 1 N–H and O–H groups in total. The highest BCUT2D eigenvalue weighted by atomic mass is 16.1. The largest absolute Gasteiger partial charge is 0.317 e. The minimum atomic E-state index is -0.179. The third-order valence-electron chi connectivity index (χ3n) is 4.58. The summed E-state index contributed by atoms with van der Waals surface area (Å²) < 4.78 is 0. The van der Waals surface area contributed by atoms with Crippen molar-refractivity contribution in [3.05, 3.63) is 42.1 Å². The fourth-order valence-corrected chi connectivity index (χ4v) is 3.17. The average molecular weight is 268 g/mol. The number of nitrogens with zero attached hydrogens (tertiary/aromatic N) is 1. The molecule has 0 aliphatic carbocycles. The highest BCUT2D eigenvalue weighted by Gasteiger charge is 2.38. The summed E-state index contributed by atoms with van der Waals surface area (Å²) in [4.78, 5) is 17.3. The molecule has 0 amide bonds. The first-order valence-corrected chi connectivity index (χ1v) is 7.35. The molecule has 0 atom stereocenters. The lowest BCUT2D eigenvalue weighted by atomic mass is 9.71. The van der Waals surface area contributed by atoms with E-state index >= 15 is 0 Å². The molecular formula is C17H20N2O. The van der Waals surface area contributed by atoms with Gasteiger partial charge in [-0.2, -0.15) is 0 Å². The summed E-state index contributed by atoms with van der Waals surface area (Å²) in [6.07, 6.45) is 4.57. The minimum Gasteiger partial charge on any atom is -0.317 e. The number of aromatic nitrogens is 1. The number of pyridine rings is 1. The molecule has 1 saturated heterocycles. The van der Waals surface area contributed by atoms with Crippen LogP contribution in [0.3, 0.4) is 0 Å². The first-order chi connectivity index (χ1) is 9.75. The van der Waals surface area contributed by atoms with Crippen molar-refractivity contribution >= 4 is 16.7 Å². The van der Waals surface area contributed by atoms with Crippen LogP contribution in [0.1, 0.15) is 36.5 Å². The molecule has 0 unspecified atom stereocenters. The Kier molecular flexibility index (Phi) is 3.53. The lowest BCUT2D eigenvalue weighted by molar-refractivity contribution is 0.0718. The highest BCUT2D eigenvalue weighted by molar-refractivity contribution is 6.03. The summed E-state index contributed by atoms with van der Waals surface area (Å²) in [5.41, 5.74) is 1.59. The molecule has 1 fully saturated rings. The molecule has 3 nitrogen and oxygen atoms in total. The Morgan fingerprint density at radius 3 is 2.85 bits per heavy atom. The van der Waals surface area contributed by atoms with E-state index in [2.05, 4.69) is 17.2 Å².